The van der Waals surface area contributed by atoms with Crippen LogP contribution in [0.4, 0.5) is 0 Å². The van der Waals surface area contributed by atoms with Crippen molar-refractivity contribution in [3.63, 3.8) is 0 Å². The van der Waals surface area contributed by atoms with Crippen LogP contribution in [0.25, 0.3) is 0 Å². The highest BCUT2D eigenvalue weighted by molar-refractivity contribution is 5.83. The second-order valence-corrected chi connectivity index (χ2v) is 6.71. The molecule has 0 amide bonds. The Labute approximate surface area is 216 Å². The molecule has 0 aliphatic carbocycles. The largest absolute Gasteiger partial charge is 0.431 e. The standard InChI is InChI=1S/C25H36O12/c1-9-17(26)34-21(30-13-5)25(22(31-14-6)35-18(27)10-2,23(32-15-7)36-19(28)11-3)24(33-16-8)37-20(29)12-4/h9-12,21-24H,1-4,13-16H2,5-8H3. The van der Waals surface area contributed by atoms with Gasteiger partial charge in [-0.05, 0) is 27.7 Å². The minimum Gasteiger partial charge on any atom is -0.431 e. The van der Waals surface area contributed by atoms with E-state index in [0.717, 1.165) is 24.3 Å². The van der Waals surface area contributed by atoms with Crippen molar-refractivity contribution in [2.24, 2.45) is 5.41 Å². The topological polar surface area (TPSA) is 142 Å². The lowest BCUT2D eigenvalue weighted by Gasteiger charge is -2.48. The predicted octanol–water partition coefficient (Wildman–Crippen LogP) is 2.34. The summed E-state index contributed by atoms with van der Waals surface area (Å²) in [7, 11) is 0. The normalized spacial score (nSPS) is 15.5. The molecule has 0 heterocycles. The summed E-state index contributed by atoms with van der Waals surface area (Å²) in [4.78, 5) is 49.6. The fraction of sp³-hybridized carbons (Fsp3) is 0.520. The van der Waals surface area contributed by atoms with Crippen LogP contribution in [0, 0.1) is 5.41 Å². The monoisotopic (exact) mass is 528 g/mol. The lowest BCUT2D eigenvalue weighted by molar-refractivity contribution is -0.392. The molecule has 12 nitrogen and oxygen atoms in total. The highest BCUT2D eigenvalue weighted by atomic mass is 16.8. The first-order chi connectivity index (χ1) is 17.7. The second-order valence-electron chi connectivity index (χ2n) is 6.71. The van der Waals surface area contributed by atoms with Gasteiger partial charge in [-0.1, -0.05) is 26.3 Å². The highest BCUT2D eigenvalue weighted by Crippen LogP contribution is 2.44. The number of hydrogen-bond acceptors (Lipinski definition) is 12. The van der Waals surface area contributed by atoms with Gasteiger partial charge in [0.2, 0.25) is 30.6 Å². The molecule has 0 fully saturated rings. The summed E-state index contributed by atoms with van der Waals surface area (Å²) in [5.41, 5.74) is -2.35. The minimum atomic E-state index is -2.35. The summed E-state index contributed by atoms with van der Waals surface area (Å²) in [5, 5.41) is 0. The average molecular weight is 529 g/mol. The molecule has 0 bridgehead atoms. The average Bonchev–Trinajstić information content (AvgIpc) is 2.88. The first kappa shape index (κ1) is 33.7. The first-order valence-electron chi connectivity index (χ1n) is 11.4. The number of hydrogen-bond donors (Lipinski definition) is 0. The summed E-state index contributed by atoms with van der Waals surface area (Å²) in [6, 6.07) is 0. The Bertz CT molecular complexity index is 672. The van der Waals surface area contributed by atoms with Gasteiger partial charge in [-0.15, -0.1) is 0 Å². The van der Waals surface area contributed by atoms with Crippen LogP contribution in [0.15, 0.2) is 50.6 Å². The molecule has 208 valence electrons. The molecule has 37 heavy (non-hydrogen) atoms. The van der Waals surface area contributed by atoms with Crippen LogP contribution in [-0.2, 0) is 57.1 Å². The molecule has 12 heteroatoms. The maximum Gasteiger partial charge on any atom is 0.332 e. The van der Waals surface area contributed by atoms with E-state index in [4.69, 9.17) is 37.9 Å². The Balaban J connectivity index is 7.77. The molecule has 0 spiro atoms. The number of rotatable bonds is 20. The maximum atomic E-state index is 12.4. The van der Waals surface area contributed by atoms with E-state index in [2.05, 4.69) is 26.3 Å². The smallest absolute Gasteiger partial charge is 0.332 e. The molecular weight excluding hydrogens is 492 g/mol. The van der Waals surface area contributed by atoms with Gasteiger partial charge >= 0.3 is 23.9 Å². The van der Waals surface area contributed by atoms with E-state index in [9.17, 15) is 19.2 Å². The van der Waals surface area contributed by atoms with Crippen molar-refractivity contribution in [1.29, 1.82) is 0 Å². The van der Waals surface area contributed by atoms with Crippen molar-refractivity contribution in [3.8, 4) is 0 Å². The third kappa shape index (κ3) is 9.57. The molecule has 0 radical (unpaired) electrons. The number of carbonyl (C=O) groups is 4. The first-order valence-corrected chi connectivity index (χ1v) is 11.4. The van der Waals surface area contributed by atoms with Crippen molar-refractivity contribution in [1.82, 2.24) is 0 Å². The van der Waals surface area contributed by atoms with Crippen LogP contribution in [0.3, 0.4) is 0 Å². The number of carbonyl (C=O) groups excluding carboxylic acids is 4. The Morgan fingerprint density at radius 2 is 0.703 bits per heavy atom. The van der Waals surface area contributed by atoms with Gasteiger partial charge in [0.1, 0.15) is 0 Å². The molecule has 0 aromatic carbocycles. The predicted molar refractivity (Wildman–Crippen MR) is 129 cm³/mol. The summed E-state index contributed by atoms with van der Waals surface area (Å²) >= 11 is 0. The van der Waals surface area contributed by atoms with Gasteiger partial charge in [0.15, 0.2) is 0 Å². The van der Waals surface area contributed by atoms with Crippen LogP contribution in [0.2, 0.25) is 0 Å². The van der Waals surface area contributed by atoms with E-state index < -0.39 is 54.5 Å². The van der Waals surface area contributed by atoms with Gasteiger partial charge in [0, 0.05) is 50.7 Å². The van der Waals surface area contributed by atoms with Crippen molar-refractivity contribution in [2.45, 2.75) is 52.9 Å². The van der Waals surface area contributed by atoms with Crippen LogP contribution in [0.5, 0.6) is 0 Å². The summed E-state index contributed by atoms with van der Waals surface area (Å²) in [5.74, 6) is -3.99. The maximum absolute atomic E-state index is 12.4. The molecule has 0 aromatic rings. The van der Waals surface area contributed by atoms with Crippen molar-refractivity contribution >= 4 is 23.9 Å². The Kier molecular flexibility index (Phi) is 16.4. The summed E-state index contributed by atoms with van der Waals surface area (Å²) in [6.07, 6.45) is -4.06. The zero-order valence-corrected chi connectivity index (χ0v) is 21.7. The molecule has 0 saturated carbocycles. The minimum absolute atomic E-state index is 0.104. The summed E-state index contributed by atoms with van der Waals surface area (Å²) < 4.78 is 44.8. The zero-order chi connectivity index (χ0) is 28.4. The molecule has 0 aliphatic rings. The number of esters is 4. The fourth-order valence-electron chi connectivity index (χ4n) is 3.01. The third-order valence-corrected chi connectivity index (χ3v) is 4.46. The zero-order valence-electron chi connectivity index (χ0n) is 21.7. The van der Waals surface area contributed by atoms with Crippen LogP contribution in [-0.4, -0.2) is 75.5 Å². The molecule has 0 saturated heterocycles. The third-order valence-electron chi connectivity index (χ3n) is 4.46. The Hall–Kier alpha value is -3.32. The van der Waals surface area contributed by atoms with Crippen molar-refractivity contribution < 1.29 is 57.1 Å². The van der Waals surface area contributed by atoms with Crippen molar-refractivity contribution in [2.75, 3.05) is 26.4 Å². The second kappa shape index (κ2) is 18.0. The van der Waals surface area contributed by atoms with Crippen molar-refractivity contribution in [3.05, 3.63) is 50.6 Å². The highest BCUT2D eigenvalue weighted by Gasteiger charge is 2.67. The lowest BCUT2D eigenvalue weighted by Crippen LogP contribution is -2.66. The van der Waals surface area contributed by atoms with E-state index in [1.165, 1.54) is 0 Å². The van der Waals surface area contributed by atoms with Gasteiger partial charge < -0.3 is 37.9 Å². The van der Waals surface area contributed by atoms with Crippen LogP contribution in [0.1, 0.15) is 27.7 Å². The van der Waals surface area contributed by atoms with E-state index in [0.29, 0.717) is 0 Å². The van der Waals surface area contributed by atoms with E-state index in [1.54, 1.807) is 27.7 Å². The molecule has 0 aromatic heterocycles. The van der Waals surface area contributed by atoms with Gasteiger partial charge in [0.05, 0.1) is 0 Å². The van der Waals surface area contributed by atoms with Crippen LogP contribution < -0.4 is 0 Å². The van der Waals surface area contributed by atoms with Gasteiger partial charge in [-0.3, -0.25) is 0 Å². The van der Waals surface area contributed by atoms with Gasteiger partial charge in [0.25, 0.3) is 0 Å². The quantitative estimate of drug-likeness (QED) is 0.0990. The van der Waals surface area contributed by atoms with Gasteiger partial charge in [-0.2, -0.15) is 0 Å². The molecule has 0 aliphatic heterocycles. The SMILES string of the molecule is C=CC(=O)OC(OCC)C(C(OCC)OC(=O)C=C)(C(OCC)OC(=O)C=C)C(OCC)OC(=O)C=C. The molecule has 0 N–H and O–H groups in total. The molecule has 4 unspecified atom stereocenters. The van der Waals surface area contributed by atoms with E-state index in [-0.39, 0.29) is 26.4 Å². The molecule has 0 rings (SSSR count). The van der Waals surface area contributed by atoms with Gasteiger partial charge in [-0.25, -0.2) is 19.2 Å². The lowest BCUT2D eigenvalue weighted by atomic mass is 9.83. The number of ether oxygens (including phenoxy) is 8. The van der Waals surface area contributed by atoms with E-state index >= 15 is 0 Å². The Morgan fingerprint density at radius 3 is 0.838 bits per heavy atom. The molecular formula is C25H36O12. The Morgan fingerprint density at radius 1 is 0.514 bits per heavy atom. The summed E-state index contributed by atoms with van der Waals surface area (Å²) in [6.45, 7) is 19.3. The van der Waals surface area contributed by atoms with Crippen LogP contribution >= 0.6 is 0 Å². The molecule has 4 atom stereocenters. The fourth-order valence-corrected chi connectivity index (χ4v) is 3.01. The van der Waals surface area contributed by atoms with E-state index in [1.807, 2.05) is 0 Å².